The van der Waals surface area contributed by atoms with Gasteiger partial charge in [-0.25, -0.2) is 4.98 Å². The Bertz CT molecular complexity index is 453. The van der Waals surface area contributed by atoms with Gasteiger partial charge in [-0.15, -0.1) is 0 Å². The molecule has 0 saturated carbocycles. The topological polar surface area (TPSA) is 92.9 Å². The summed E-state index contributed by atoms with van der Waals surface area (Å²) in [6.45, 7) is 8.50. The number of aromatic nitrogens is 2. The maximum atomic E-state index is 11.4. The molecule has 0 saturated heterocycles. The van der Waals surface area contributed by atoms with Gasteiger partial charge in [-0.1, -0.05) is 27.7 Å². The van der Waals surface area contributed by atoms with E-state index in [1.165, 1.54) is 6.20 Å². The number of primary amides is 1. The first-order chi connectivity index (χ1) is 8.79. The molecular weight excluding hydrogens is 242 g/mol. The van der Waals surface area contributed by atoms with Crippen LogP contribution in [0.3, 0.4) is 0 Å². The van der Waals surface area contributed by atoms with Gasteiger partial charge in [0.15, 0.2) is 0 Å². The van der Waals surface area contributed by atoms with Crippen molar-refractivity contribution in [1.82, 2.24) is 9.97 Å². The van der Waals surface area contributed by atoms with Crippen LogP contribution in [0.1, 0.15) is 44.5 Å². The van der Waals surface area contributed by atoms with Gasteiger partial charge in [-0.3, -0.25) is 4.79 Å². The normalized spacial score (nSPS) is 12.9. The van der Waals surface area contributed by atoms with Crippen molar-refractivity contribution in [2.45, 2.75) is 40.2 Å². The van der Waals surface area contributed by atoms with Crippen LogP contribution in [0.5, 0.6) is 0 Å². The Balaban J connectivity index is 3.13. The van der Waals surface area contributed by atoms with E-state index < -0.39 is 5.91 Å². The lowest BCUT2D eigenvalue weighted by atomic mass is 9.85. The second kappa shape index (κ2) is 5.86. The lowest BCUT2D eigenvalue weighted by Crippen LogP contribution is -2.34. The Labute approximate surface area is 114 Å². The van der Waals surface area contributed by atoms with E-state index >= 15 is 0 Å². The number of carbonyl (C=O) groups excluding carboxylic acids is 1. The minimum atomic E-state index is -0.533. The molecule has 1 amide bonds. The highest BCUT2D eigenvalue weighted by Gasteiger charge is 2.25. The first kappa shape index (κ1) is 15.2. The number of carbonyl (C=O) groups is 1. The van der Waals surface area contributed by atoms with E-state index in [0.717, 1.165) is 6.42 Å². The highest BCUT2D eigenvalue weighted by Crippen LogP contribution is 2.26. The van der Waals surface area contributed by atoms with Crippen molar-refractivity contribution in [3.63, 3.8) is 0 Å². The molecule has 6 heteroatoms. The highest BCUT2D eigenvalue weighted by molar-refractivity contribution is 5.97. The number of amides is 1. The second-order valence-electron chi connectivity index (χ2n) is 5.54. The van der Waals surface area contributed by atoms with Crippen molar-refractivity contribution in [2.75, 3.05) is 17.7 Å². The van der Waals surface area contributed by atoms with Gasteiger partial charge in [0.05, 0.1) is 5.56 Å². The molecule has 0 radical (unpaired) electrons. The van der Waals surface area contributed by atoms with Crippen molar-refractivity contribution >= 4 is 17.7 Å². The van der Waals surface area contributed by atoms with Crippen molar-refractivity contribution in [3.05, 3.63) is 11.8 Å². The Hall–Kier alpha value is -1.85. The molecule has 0 aliphatic carbocycles. The Morgan fingerprint density at radius 2 is 2.11 bits per heavy atom. The van der Waals surface area contributed by atoms with Crippen LogP contribution in [0, 0.1) is 5.41 Å². The third kappa shape index (κ3) is 3.81. The molecule has 0 aliphatic heterocycles. The molecule has 6 nitrogen and oxygen atoms in total. The lowest BCUT2D eigenvalue weighted by molar-refractivity contribution is 0.1000. The highest BCUT2D eigenvalue weighted by atomic mass is 16.1. The van der Waals surface area contributed by atoms with Crippen LogP contribution in [0.2, 0.25) is 0 Å². The third-order valence-electron chi connectivity index (χ3n) is 3.04. The molecule has 1 heterocycles. The molecule has 0 aromatic carbocycles. The summed E-state index contributed by atoms with van der Waals surface area (Å²) >= 11 is 0. The van der Waals surface area contributed by atoms with E-state index in [2.05, 4.69) is 48.3 Å². The van der Waals surface area contributed by atoms with Gasteiger partial charge in [-0.05, 0) is 11.8 Å². The van der Waals surface area contributed by atoms with Gasteiger partial charge in [0.25, 0.3) is 5.91 Å². The van der Waals surface area contributed by atoms with E-state index in [0.29, 0.717) is 17.3 Å². The van der Waals surface area contributed by atoms with Crippen LogP contribution in [0.4, 0.5) is 11.8 Å². The molecule has 1 atom stereocenters. The standard InChI is InChI=1S/C13H23N5O/c1-6-9(13(2,3)4)17-11-8(10(14)19)7-16-12(15-5)18-11/h7,9H,6H2,1-5H3,(H2,14,19)(H2,15,16,17,18). The zero-order valence-corrected chi connectivity index (χ0v) is 12.2. The number of hydrogen-bond acceptors (Lipinski definition) is 5. The van der Waals surface area contributed by atoms with E-state index in [9.17, 15) is 4.79 Å². The summed E-state index contributed by atoms with van der Waals surface area (Å²) in [5.74, 6) is 0.402. The first-order valence-corrected chi connectivity index (χ1v) is 6.40. The van der Waals surface area contributed by atoms with Crippen LogP contribution < -0.4 is 16.4 Å². The van der Waals surface area contributed by atoms with E-state index in [1.54, 1.807) is 7.05 Å². The predicted molar refractivity (Wildman–Crippen MR) is 77.3 cm³/mol. The van der Waals surface area contributed by atoms with Gasteiger partial charge >= 0.3 is 0 Å². The zero-order valence-electron chi connectivity index (χ0n) is 12.2. The van der Waals surface area contributed by atoms with Gasteiger partial charge in [0.2, 0.25) is 5.95 Å². The molecule has 106 valence electrons. The fourth-order valence-corrected chi connectivity index (χ4v) is 1.89. The van der Waals surface area contributed by atoms with E-state index in [1.807, 2.05) is 0 Å². The molecule has 1 aromatic rings. The lowest BCUT2D eigenvalue weighted by Gasteiger charge is -2.31. The van der Waals surface area contributed by atoms with E-state index in [4.69, 9.17) is 5.73 Å². The fraction of sp³-hybridized carbons (Fsp3) is 0.615. The number of nitrogens with two attached hydrogens (primary N) is 1. The Kier molecular flexibility index (Phi) is 4.69. The molecule has 4 N–H and O–H groups in total. The SMILES string of the molecule is CCC(Nc1nc(NC)ncc1C(N)=O)C(C)(C)C. The van der Waals surface area contributed by atoms with Gasteiger partial charge < -0.3 is 16.4 Å². The number of hydrogen-bond donors (Lipinski definition) is 3. The minimum absolute atomic E-state index is 0.0500. The maximum absolute atomic E-state index is 11.4. The average molecular weight is 265 g/mol. The molecule has 19 heavy (non-hydrogen) atoms. The first-order valence-electron chi connectivity index (χ1n) is 6.40. The largest absolute Gasteiger partial charge is 0.366 e. The zero-order chi connectivity index (χ0) is 14.6. The summed E-state index contributed by atoms with van der Waals surface area (Å²) in [5, 5.41) is 6.15. The van der Waals surface area contributed by atoms with Crippen molar-refractivity contribution < 1.29 is 4.79 Å². The van der Waals surface area contributed by atoms with Crippen LogP contribution in [-0.2, 0) is 0 Å². The predicted octanol–water partition coefficient (Wildman–Crippen LogP) is 1.85. The molecule has 0 aliphatic rings. The molecule has 0 spiro atoms. The average Bonchev–Trinajstić information content (AvgIpc) is 2.33. The number of nitrogens with one attached hydrogen (secondary N) is 2. The summed E-state index contributed by atoms with van der Waals surface area (Å²) in [6.07, 6.45) is 2.36. The molecule has 0 bridgehead atoms. The third-order valence-corrected chi connectivity index (χ3v) is 3.04. The summed E-state index contributed by atoms with van der Waals surface area (Å²) < 4.78 is 0. The summed E-state index contributed by atoms with van der Waals surface area (Å²) in [4.78, 5) is 19.7. The number of rotatable bonds is 5. The number of nitrogens with zero attached hydrogens (tertiary/aromatic N) is 2. The van der Waals surface area contributed by atoms with Crippen molar-refractivity contribution in [1.29, 1.82) is 0 Å². The monoisotopic (exact) mass is 265 g/mol. The Morgan fingerprint density at radius 1 is 1.47 bits per heavy atom. The van der Waals surface area contributed by atoms with Crippen molar-refractivity contribution in [3.8, 4) is 0 Å². The van der Waals surface area contributed by atoms with Crippen LogP contribution in [0.15, 0.2) is 6.20 Å². The summed E-state index contributed by atoms with van der Waals surface area (Å²) in [7, 11) is 1.73. The molecule has 0 fully saturated rings. The van der Waals surface area contributed by atoms with Crippen LogP contribution in [-0.4, -0.2) is 29.0 Å². The smallest absolute Gasteiger partial charge is 0.254 e. The summed E-state index contributed by atoms with van der Waals surface area (Å²) in [5.41, 5.74) is 5.71. The van der Waals surface area contributed by atoms with Crippen LogP contribution in [0.25, 0.3) is 0 Å². The number of anilines is 2. The quantitative estimate of drug-likeness (QED) is 0.755. The van der Waals surface area contributed by atoms with Gasteiger partial charge in [-0.2, -0.15) is 4.98 Å². The molecule has 1 unspecified atom stereocenters. The maximum Gasteiger partial charge on any atom is 0.254 e. The van der Waals surface area contributed by atoms with Crippen LogP contribution >= 0.6 is 0 Å². The minimum Gasteiger partial charge on any atom is -0.366 e. The van der Waals surface area contributed by atoms with Gasteiger partial charge in [0, 0.05) is 19.3 Å². The molecule has 1 aromatic heterocycles. The Morgan fingerprint density at radius 3 is 2.53 bits per heavy atom. The fourth-order valence-electron chi connectivity index (χ4n) is 1.89. The van der Waals surface area contributed by atoms with E-state index in [-0.39, 0.29) is 11.5 Å². The summed E-state index contributed by atoms with van der Waals surface area (Å²) in [6, 6.07) is 0.185. The van der Waals surface area contributed by atoms with Crippen molar-refractivity contribution in [2.24, 2.45) is 11.1 Å². The molecule has 1 rings (SSSR count). The molecular formula is C13H23N5O. The second-order valence-corrected chi connectivity index (χ2v) is 5.54. The van der Waals surface area contributed by atoms with Gasteiger partial charge in [0.1, 0.15) is 5.82 Å².